The van der Waals surface area contributed by atoms with E-state index in [9.17, 15) is 9.59 Å². The number of benzene rings is 1. The molecule has 2 heterocycles. The highest BCUT2D eigenvalue weighted by atomic mass is 16.2. The van der Waals surface area contributed by atoms with Gasteiger partial charge in [-0.05, 0) is 38.1 Å². The minimum atomic E-state index is -0.262. The van der Waals surface area contributed by atoms with Gasteiger partial charge in [-0.1, -0.05) is 6.07 Å². The Morgan fingerprint density at radius 2 is 1.96 bits per heavy atom. The van der Waals surface area contributed by atoms with Gasteiger partial charge in [-0.25, -0.2) is 4.98 Å². The minimum absolute atomic E-state index is 0.189. The fraction of sp³-hybridized carbons (Fsp3) is 0.235. The zero-order valence-electron chi connectivity index (χ0n) is 14.2. The van der Waals surface area contributed by atoms with Crippen molar-refractivity contribution in [1.82, 2.24) is 24.9 Å². The number of amides is 2. The molecule has 0 radical (unpaired) electrons. The van der Waals surface area contributed by atoms with E-state index >= 15 is 0 Å². The summed E-state index contributed by atoms with van der Waals surface area (Å²) in [7, 11) is 0. The lowest BCUT2D eigenvalue weighted by atomic mass is 10.2. The average Bonchev–Trinajstić information content (AvgIpc) is 2.95. The molecule has 0 saturated heterocycles. The summed E-state index contributed by atoms with van der Waals surface area (Å²) >= 11 is 0. The van der Waals surface area contributed by atoms with Crippen LogP contribution in [-0.2, 0) is 11.3 Å². The number of nitrogens with zero attached hydrogens (tertiary/aromatic N) is 4. The van der Waals surface area contributed by atoms with Crippen LogP contribution in [0.4, 0.5) is 5.69 Å². The van der Waals surface area contributed by atoms with Crippen molar-refractivity contribution in [3.8, 4) is 0 Å². The van der Waals surface area contributed by atoms with E-state index in [1.165, 1.54) is 6.92 Å². The smallest absolute Gasteiger partial charge is 0.255 e. The standard InChI is InChI=1S/C17H18N6O2/c1-10-7-11(2)23-15(21-22-17(23)19-10)9-18-16(25)13-5-4-6-14(8-13)20-12(3)24/h4-8H,9H2,1-3H3,(H,18,25)(H,20,24). The highest BCUT2D eigenvalue weighted by Gasteiger charge is 2.12. The Bertz CT molecular complexity index is 963. The fourth-order valence-electron chi connectivity index (χ4n) is 2.62. The van der Waals surface area contributed by atoms with Crippen LogP contribution in [0.2, 0.25) is 0 Å². The van der Waals surface area contributed by atoms with E-state index in [0.717, 1.165) is 11.4 Å². The SMILES string of the molecule is CC(=O)Nc1cccc(C(=O)NCc2nnc3nc(C)cc(C)n23)c1. The lowest BCUT2D eigenvalue weighted by Gasteiger charge is -2.08. The van der Waals surface area contributed by atoms with E-state index in [0.29, 0.717) is 22.9 Å². The lowest BCUT2D eigenvalue weighted by molar-refractivity contribution is -0.114. The number of nitrogens with one attached hydrogen (secondary N) is 2. The van der Waals surface area contributed by atoms with E-state index in [2.05, 4.69) is 25.8 Å². The maximum atomic E-state index is 12.4. The molecule has 2 N–H and O–H groups in total. The number of carbonyl (C=O) groups excluding carboxylic acids is 2. The molecule has 128 valence electrons. The molecular weight excluding hydrogens is 320 g/mol. The molecule has 8 heteroatoms. The van der Waals surface area contributed by atoms with Crippen molar-refractivity contribution in [3.05, 3.63) is 53.1 Å². The van der Waals surface area contributed by atoms with Crippen molar-refractivity contribution in [2.75, 3.05) is 5.32 Å². The van der Waals surface area contributed by atoms with Crippen LogP contribution in [0.25, 0.3) is 5.78 Å². The number of aryl methyl sites for hydroxylation is 2. The Morgan fingerprint density at radius 1 is 1.16 bits per heavy atom. The first-order valence-electron chi connectivity index (χ1n) is 7.78. The van der Waals surface area contributed by atoms with Gasteiger partial charge >= 0.3 is 0 Å². The van der Waals surface area contributed by atoms with Gasteiger partial charge in [-0.2, -0.15) is 0 Å². The van der Waals surface area contributed by atoms with Crippen molar-refractivity contribution >= 4 is 23.3 Å². The normalized spacial score (nSPS) is 10.7. The quantitative estimate of drug-likeness (QED) is 0.753. The van der Waals surface area contributed by atoms with Gasteiger partial charge in [0.1, 0.15) is 0 Å². The molecule has 3 rings (SSSR count). The van der Waals surface area contributed by atoms with Crippen molar-refractivity contribution < 1.29 is 9.59 Å². The molecule has 0 aliphatic heterocycles. The Hall–Kier alpha value is -3.29. The summed E-state index contributed by atoms with van der Waals surface area (Å²) in [5.41, 5.74) is 2.83. The molecule has 2 aromatic heterocycles. The average molecular weight is 338 g/mol. The van der Waals surface area contributed by atoms with Crippen molar-refractivity contribution in [2.24, 2.45) is 0 Å². The van der Waals surface area contributed by atoms with Crippen molar-refractivity contribution in [2.45, 2.75) is 27.3 Å². The fourth-order valence-corrected chi connectivity index (χ4v) is 2.62. The summed E-state index contributed by atoms with van der Waals surface area (Å²) in [5, 5.41) is 13.6. The zero-order chi connectivity index (χ0) is 18.0. The summed E-state index contributed by atoms with van der Waals surface area (Å²) in [6, 6.07) is 8.66. The number of rotatable bonds is 4. The number of hydrogen-bond acceptors (Lipinski definition) is 5. The number of hydrogen-bond donors (Lipinski definition) is 2. The highest BCUT2D eigenvalue weighted by molar-refractivity contribution is 5.96. The molecule has 0 fully saturated rings. The second-order valence-corrected chi connectivity index (χ2v) is 5.74. The van der Waals surface area contributed by atoms with E-state index < -0.39 is 0 Å². The molecule has 0 spiro atoms. The van der Waals surface area contributed by atoms with Crippen LogP contribution in [0.15, 0.2) is 30.3 Å². The van der Waals surface area contributed by atoms with E-state index in [1.807, 2.05) is 19.9 Å². The molecule has 1 aromatic carbocycles. The van der Waals surface area contributed by atoms with Crippen LogP contribution in [0, 0.1) is 13.8 Å². The summed E-state index contributed by atoms with van der Waals surface area (Å²) in [5.74, 6) is 0.660. The van der Waals surface area contributed by atoms with E-state index in [1.54, 1.807) is 28.7 Å². The molecule has 25 heavy (non-hydrogen) atoms. The van der Waals surface area contributed by atoms with Gasteiger partial charge < -0.3 is 10.6 Å². The van der Waals surface area contributed by atoms with E-state index in [4.69, 9.17) is 0 Å². The van der Waals surface area contributed by atoms with Crippen molar-refractivity contribution in [1.29, 1.82) is 0 Å². The Labute approximate surface area is 144 Å². The first kappa shape index (κ1) is 16.6. The van der Waals surface area contributed by atoms with Gasteiger partial charge in [0.2, 0.25) is 5.91 Å². The Kier molecular flexibility index (Phi) is 4.42. The maximum Gasteiger partial charge on any atom is 0.255 e. The topological polar surface area (TPSA) is 101 Å². The van der Waals surface area contributed by atoms with Crippen LogP contribution < -0.4 is 10.6 Å². The molecule has 0 saturated carbocycles. The molecule has 0 aliphatic carbocycles. The van der Waals surface area contributed by atoms with Gasteiger partial charge in [-0.15, -0.1) is 10.2 Å². The Balaban J connectivity index is 1.76. The number of fused-ring (bicyclic) bond motifs is 1. The summed E-state index contributed by atoms with van der Waals surface area (Å²) in [6.07, 6.45) is 0. The third-order valence-electron chi connectivity index (χ3n) is 3.61. The number of anilines is 1. The largest absolute Gasteiger partial charge is 0.345 e. The summed E-state index contributed by atoms with van der Waals surface area (Å²) in [4.78, 5) is 27.8. The minimum Gasteiger partial charge on any atom is -0.345 e. The molecule has 8 nitrogen and oxygen atoms in total. The van der Waals surface area contributed by atoms with Crippen LogP contribution in [0.3, 0.4) is 0 Å². The molecule has 0 bridgehead atoms. The van der Waals surface area contributed by atoms with Crippen LogP contribution in [-0.4, -0.2) is 31.4 Å². The summed E-state index contributed by atoms with van der Waals surface area (Å²) < 4.78 is 1.81. The molecule has 0 unspecified atom stereocenters. The van der Waals surface area contributed by atoms with E-state index in [-0.39, 0.29) is 18.4 Å². The van der Waals surface area contributed by atoms with Gasteiger partial charge in [-0.3, -0.25) is 14.0 Å². The van der Waals surface area contributed by atoms with Gasteiger partial charge in [0.15, 0.2) is 5.82 Å². The highest BCUT2D eigenvalue weighted by Crippen LogP contribution is 2.11. The number of carbonyl (C=O) groups is 2. The molecule has 2 amide bonds. The van der Waals surface area contributed by atoms with Gasteiger partial charge in [0.25, 0.3) is 11.7 Å². The first-order chi connectivity index (χ1) is 11.9. The monoisotopic (exact) mass is 338 g/mol. The summed E-state index contributed by atoms with van der Waals surface area (Å²) in [6.45, 7) is 5.47. The number of aromatic nitrogens is 4. The maximum absolute atomic E-state index is 12.4. The second kappa shape index (κ2) is 6.68. The molecular formula is C17H18N6O2. The van der Waals surface area contributed by atoms with Gasteiger partial charge in [0, 0.05) is 29.6 Å². The van der Waals surface area contributed by atoms with Gasteiger partial charge in [0.05, 0.1) is 6.54 Å². The zero-order valence-corrected chi connectivity index (χ0v) is 14.2. The van der Waals surface area contributed by atoms with Crippen LogP contribution in [0.5, 0.6) is 0 Å². The Morgan fingerprint density at radius 3 is 2.72 bits per heavy atom. The lowest BCUT2D eigenvalue weighted by Crippen LogP contribution is -2.24. The predicted octanol–water partition coefficient (Wildman–Crippen LogP) is 1.63. The predicted molar refractivity (Wildman–Crippen MR) is 92.2 cm³/mol. The molecule has 0 atom stereocenters. The van der Waals surface area contributed by atoms with Crippen LogP contribution >= 0.6 is 0 Å². The third-order valence-corrected chi connectivity index (χ3v) is 3.61. The van der Waals surface area contributed by atoms with Crippen molar-refractivity contribution in [3.63, 3.8) is 0 Å². The third kappa shape index (κ3) is 3.63. The first-order valence-corrected chi connectivity index (χ1v) is 7.78. The second-order valence-electron chi connectivity index (χ2n) is 5.74. The molecule has 3 aromatic rings. The van der Waals surface area contributed by atoms with Crippen LogP contribution in [0.1, 0.15) is 34.5 Å². The molecule has 0 aliphatic rings.